The van der Waals surface area contributed by atoms with E-state index < -0.39 is 11.7 Å². The molecule has 0 saturated heterocycles. The maximum atomic E-state index is 12.8. The molecule has 0 radical (unpaired) electrons. The molecule has 0 atom stereocenters. The van der Waals surface area contributed by atoms with Crippen molar-refractivity contribution in [2.45, 2.75) is 12.8 Å². The molecule has 0 fully saturated rings. The number of furan rings is 1. The van der Waals surface area contributed by atoms with Crippen molar-refractivity contribution < 1.29 is 22.7 Å². The summed E-state index contributed by atoms with van der Waals surface area (Å²) < 4.78 is 43.5. The summed E-state index contributed by atoms with van der Waals surface area (Å²) in [6.07, 6.45) is -4.50. The van der Waals surface area contributed by atoms with Crippen LogP contribution in [0.5, 0.6) is 0 Å². The molecule has 2 nitrogen and oxygen atoms in total. The Bertz CT molecular complexity index is 608. The van der Waals surface area contributed by atoms with E-state index in [1.807, 2.05) is 0 Å². The van der Waals surface area contributed by atoms with Crippen molar-refractivity contribution in [2.75, 3.05) is 0 Å². The summed E-state index contributed by atoms with van der Waals surface area (Å²) in [6.45, 7) is -0.333. The van der Waals surface area contributed by atoms with E-state index in [1.165, 1.54) is 18.2 Å². The summed E-state index contributed by atoms with van der Waals surface area (Å²) in [7, 11) is 0. The minimum Gasteiger partial charge on any atom is -0.459 e. The number of alkyl halides is 3. The van der Waals surface area contributed by atoms with Gasteiger partial charge < -0.3 is 9.52 Å². The lowest BCUT2D eigenvalue weighted by molar-refractivity contribution is -0.138. The average Bonchev–Trinajstić information content (AvgIpc) is 2.75. The van der Waals surface area contributed by atoms with E-state index >= 15 is 0 Å². The van der Waals surface area contributed by atoms with Crippen molar-refractivity contribution in [1.29, 1.82) is 0 Å². The maximum Gasteiger partial charge on any atom is 0.417 e. The van der Waals surface area contributed by atoms with E-state index in [4.69, 9.17) is 21.1 Å². The molecule has 1 heterocycles. The molecule has 19 heavy (non-hydrogen) atoms. The predicted octanol–water partition coefficient (Wildman–Crippen LogP) is 4.87. The normalized spacial score (nSPS) is 11.9. The van der Waals surface area contributed by atoms with Crippen molar-refractivity contribution in [1.82, 2.24) is 0 Å². The van der Waals surface area contributed by atoms with Crippen LogP contribution in [0.1, 0.15) is 11.3 Å². The first-order valence-electron chi connectivity index (χ1n) is 5.09. The van der Waals surface area contributed by atoms with Crippen molar-refractivity contribution in [3.05, 3.63) is 45.1 Å². The van der Waals surface area contributed by atoms with Gasteiger partial charge in [0.05, 0.1) is 10.6 Å². The fraction of sp³-hybridized carbons (Fsp3) is 0.167. The van der Waals surface area contributed by atoms with Gasteiger partial charge in [0.25, 0.3) is 0 Å². The van der Waals surface area contributed by atoms with Crippen molar-refractivity contribution in [3.8, 4) is 11.3 Å². The molecular weight excluding hydrogens is 348 g/mol. The molecule has 2 aromatic rings. The average molecular weight is 356 g/mol. The molecule has 0 aliphatic carbocycles. The first kappa shape index (κ1) is 14.4. The minimum atomic E-state index is -4.50. The van der Waals surface area contributed by atoms with Crippen LogP contribution in [0.25, 0.3) is 11.3 Å². The fourth-order valence-corrected chi connectivity index (χ4v) is 2.52. The second kappa shape index (κ2) is 5.19. The van der Waals surface area contributed by atoms with Crippen LogP contribution in [-0.2, 0) is 12.8 Å². The van der Waals surface area contributed by atoms with Crippen LogP contribution in [-0.4, -0.2) is 5.11 Å². The zero-order valence-electron chi connectivity index (χ0n) is 9.26. The highest BCUT2D eigenvalue weighted by atomic mass is 79.9. The van der Waals surface area contributed by atoms with Gasteiger partial charge in [0.15, 0.2) is 0 Å². The quantitative estimate of drug-likeness (QED) is 0.833. The number of aliphatic hydroxyl groups excluding tert-OH is 1. The van der Waals surface area contributed by atoms with E-state index in [9.17, 15) is 13.2 Å². The third-order valence-corrected chi connectivity index (χ3v) is 3.41. The maximum absolute atomic E-state index is 12.8. The smallest absolute Gasteiger partial charge is 0.417 e. The molecule has 0 amide bonds. The van der Waals surface area contributed by atoms with Crippen molar-refractivity contribution >= 4 is 27.5 Å². The lowest BCUT2D eigenvalue weighted by atomic mass is 10.1. The highest BCUT2D eigenvalue weighted by Gasteiger charge is 2.34. The SMILES string of the molecule is OCc1ccc(-c2cc(C(F)(F)F)c(Br)cc2Cl)o1. The highest BCUT2D eigenvalue weighted by Crippen LogP contribution is 2.41. The third kappa shape index (κ3) is 2.96. The first-order valence-corrected chi connectivity index (χ1v) is 6.26. The molecule has 0 saturated carbocycles. The van der Waals surface area contributed by atoms with Crippen LogP contribution >= 0.6 is 27.5 Å². The number of rotatable bonds is 2. The van der Waals surface area contributed by atoms with Gasteiger partial charge in [-0.3, -0.25) is 0 Å². The van der Waals surface area contributed by atoms with Gasteiger partial charge in [0.2, 0.25) is 0 Å². The van der Waals surface area contributed by atoms with Crippen LogP contribution in [0.15, 0.2) is 33.2 Å². The van der Waals surface area contributed by atoms with Crippen LogP contribution in [0.3, 0.4) is 0 Å². The summed E-state index contributed by atoms with van der Waals surface area (Å²) in [6, 6.07) is 5.01. The molecule has 0 spiro atoms. The topological polar surface area (TPSA) is 33.4 Å². The van der Waals surface area contributed by atoms with Gasteiger partial charge in [-0.1, -0.05) is 27.5 Å². The second-order valence-corrected chi connectivity index (χ2v) is 5.00. The standard InChI is InChI=1S/C12H7BrClF3O2/c13-9-4-10(14)7(3-8(9)12(15,16)17)11-2-1-6(5-18)19-11/h1-4,18H,5H2. The molecule has 7 heteroatoms. The molecular formula is C12H7BrClF3O2. The summed E-state index contributed by atoms with van der Waals surface area (Å²) in [4.78, 5) is 0. The highest BCUT2D eigenvalue weighted by molar-refractivity contribution is 9.10. The Morgan fingerprint density at radius 3 is 2.47 bits per heavy atom. The number of benzene rings is 1. The second-order valence-electron chi connectivity index (χ2n) is 3.73. The zero-order chi connectivity index (χ0) is 14.2. The number of halogens is 5. The predicted molar refractivity (Wildman–Crippen MR) is 67.8 cm³/mol. The Balaban J connectivity index is 2.57. The Hall–Kier alpha value is -0.980. The Morgan fingerprint density at radius 1 is 1.26 bits per heavy atom. The molecule has 1 N–H and O–H groups in total. The lowest BCUT2D eigenvalue weighted by Gasteiger charge is -2.11. The largest absolute Gasteiger partial charge is 0.459 e. The molecule has 0 aliphatic rings. The van der Waals surface area contributed by atoms with Gasteiger partial charge in [-0.2, -0.15) is 13.2 Å². The summed E-state index contributed by atoms with van der Waals surface area (Å²) in [5.41, 5.74) is -0.717. The van der Waals surface area contributed by atoms with Crippen LogP contribution in [0.2, 0.25) is 5.02 Å². The number of aliphatic hydroxyl groups is 1. The lowest BCUT2D eigenvalue weighted by Crippen LogP contribution is -2.06. The summed E-state index contributed by atoms with van der Waals surface area (Å²) >= 11 is 8.75. The zero-order valence-corrected chi connectivity index (χ0v) is 11.6. The van der Waals surface area contributed by atoms with E-state index in [-0.39, 0.29) is 33.2 Å². The fourth-order valence-electron chi connectivity index (χ4n) is 1.56. The molecule has 2 rings (SSSR count). The van der Waals surface area contributed by atoms with Gasteiger partial charge in [0, 0.05) is 10.0 Å². The molecule has 0 bridgehead atoms. The molecule has 1 aromatic carbocycles. The van der Waals surface area contributed by atoms with Crippen molar-refractivity contribution in [3.63, 3.8) is 0 Å². The first-order chi connectivity index (χ1) is 8.82. The monoisotopic (exact) mass is 354 g/mol. The Morgan fingerprint density at radius 2 is 1.95 bits per heavy atom. The van der Waals surface area contributed by atoms with Gasteiger partial charge in [-0.15, -0.1) is 0 Å². The van der Waals surface area contributed by atoms with E-state index in [1.54, 1.807) is 0 Å². The van der Waals surface area contributed by atoms with Crippen molar-refractivity contribution in [2.24, 2.45) is 0 Å². The van der Waals surface area contributed by atoms with Crippen LogP contribution in [0.4, 0.5) is 13.2 Å². The van der Waals surface area contributed by atoms with E-state index in [0.29, 0.717) is 0 Å². The van der Waals surface area contributed by atoms with E-state index in [2.05, 4.69) is 15.9 Å². The summed E-state index contributed by atoms with van der Waals surface area (Å²) in [5.74, 6) is 0.426. The number of hydrogen-bond donors (Lipinski definition) is 1. The van der Waals surface area contributed by atoms with Crippen LogP contribution in [0, 0.1) is 0 Å². The van der Waals surface area contributed by atoms with E-state index in [0.717, 1.165) is 6.07 Å². The molecule has 102 valence electrons. The van der Waals surface area contributed by atoms with Gasteiger partial charge in [0.1, 0.15) is 18.1 Å². The Labute approximate surface area is 119 Å². The molecule has 1 aromatic heterocycles. The third-order valence-electron chi connectivity index (χ3n) is 2.45. The minimum absolute atomic E-state index is 0.122. The Kier molecular flexibility index (Phi) is 3.94. The number of hydrogen-bond acceptors (Lipinski definition) is 2. The molecule has 0 aliphatic heterocycles. The van der Waals surface area contributed by atoms with Gasteiger partial charge in [-0.25, -0.2) is 0 Å². The molecule has 0 unspecified atom stereocenters. The van der Waals surface area contributed by atoms with Gasteiger partial charge in [-0.05, 0) is 24.3 Å². The van der Waals surface area contributed by atoms with Crippen LogP contribution < -0.4 is 0 Å². The van der Waals surface area contributed by atoms with Gasteiger partial charge >= 0.3 is 6.18 Å². The summed E-state index contributed by atoms with van der Waals surface area (Å²) in [5, 5.41) is 9.00.